The summed E-state index contributed by atoms with van der Waals surface area (Å²) in [7, 11) is 0. The van der Waals surface area contributed by atoms with Crippen molar-refractivity contribution in [2.45, 2.75) is 50.7 Å². The number of phenols is 1. The summed E-state index contributed by atoms with van der Waals surface area (Å²) in [4.78, 5) is 0. The first-order valence-corrected chi connectivity index (χ1v) is 7.47. The molecule has 0 aliphatic heterocycles. The van der Waals surface area contributed by atoms with E-state index in [1.54, 1.807) is 6.07 Å². The summed E-state index contributed by atoms with van der Waals surface area (Å²) < 4.78 is 5.82. The Morgan fingerprint density at radius 1 is 1.33 bits per heavy atom. The number of halogens is 1. The summed E-state index contributed by atoms with van der Waals surface area (Å²) in [6, 6.07) is 5.74. The molecule has 0 saturated carbocycles. The van der Waals surface area contributed by atoms with Gasteiger partial charge in [0.15, 0.2) is 0 Å². The lowest BCUT2D eigenvalue weighted by atomic mass is 9.63. The van der Waals surface area contributed by atoms with Crippen molar-refractivity contribution in [2.24, 2.45) is 0 Å². The van der Waals surface area contributed by atoms with Gasteiger partial charge in [-0.05, 0) is 36.1 Å². The average Bonchev–Trinajstić information content (AvgIpc) is 2.46. The molecular weight excluding hydrogens is 290 g/mol. The van der Waals surface area contributed by atoms with Gasteiger partial charge in [0.25, 0.3) is 0 Å². The Morgan fingerprint density at radius 3 is 2.57 bits per heavy atom. The van der Waals surface area contributed by atoms with Crippen LogP contribution in [0.2, 0.25) is 0 Å². The molecule has 0 radical (unpaired) electrons. The van der Waals surface area contributed by atoms with Gasteiger partial charge in [-0.3, -0.25) is 0 Å². The fraction of sp³-hybridized carbons (Fsp3) is 0.625. The summed E-state index contributed by atoms with van der Waals surface area (Å²) in [5.41, 5.74) is 6.75. The van der Waals surface area contributed by atoms with Crippen molar-refractivity contribution >= 4 is 0 Å². The Morgan fingerprint density at radius 2 is 2.00 bits per heavy atom. The number of ether oxygens (including phenoxy) is 1. The highest BCUT2D eigenvalue weighted by atomic mass is 35.5. The van der Waals surface area contributed by atoms with Crippen LogP contribution < -0.4 is 18.1 Å². The van der Waals surface area contributed by atoms with Gasteiger partial charge < -0.3 is 33.1 Å². The van der Waals surface area contributed by atoms with E-state index in [-0.39, 0.29) is 36.6 Å². The molecule has 0 aromatic heterocycles. The third kappa shape index (κ3) is 3.19. The molecule has 120 valence electrons. The maximum atomic E-state index is 9.82. The highest BCUT2D eigenvalue weighted by molar-refractivity contribution is 5.44. The van der Waals surface area contributed by atoms with Crippen LogP contribution in [-0.2, 0) is 16.6 Å². The van der Waals surface area contributed by atoms with E-state index in [1.165, 1.54) is 11.1 Å². The quantitative estimate of drug-likeness (QED) is 0.588. The molecule has 21 heavy (non-hydrogen) atoms. The molecule has 1 aromatic rings. The van der Waals surface area contributed by atoms with Crippen LogP contribution in [0.4, 0.5) is 0 Å². The fourth-order valence-corrected chi connectivity index (χ4v) is 3.65. The second kappa shape index (κ2) is 7.45. The zero-order valence-electron chi connectivity index (χ0n) is 12.8. The van der Waals surface area contributed by atoms with E-state index in [0.29, 0.717) is 12.4 Å². The second-order valence-electron chi connectivity index (χ2n) is 5.65. The topological polar surface area (TPSA) is 77.3 Å². The van der Waals surface area contributed by atoms with Crippen LogP contribution in [0.5, 0.6) is 5.75 Å². The molecule has 1 aliphatic carbocycles. The number of benzene rings is 1. The zero-order chi connectivity index (χ0) is 14.8. The number of hydrogen-bond acceptors (Lipinski definition) is 3. The van der Waals surface area contributed by atoms with Crippen molar-refractivity contribution in [1.82, 2.24) is 0 Å². The van der Waals surface area contributed by atoms with Crippen LogP contribution in [0.15, 0.2) is 18.2 Å². The smallest absolute Gasteiger partial charge is 0.121 e. The maximum Gasteiger partial charge on any atom is 0.121 e. The van der Waals surface area contributed by atoms with Crippen LogP contribution in [0.1, 0.15) is 37.8 Å². The predicted octanol–water partition coefficient (Wildman–Crippen LogP) is -2.00. The minimum atomic E-state index is -0.0630. The molecule has 0 spiro atoms. The van der Waals surface area contributed by atoms with Crippen molar-refractivity contribution in [3.63, 3.8) is 0 Å². The number of fused-ring (bicyclic) bond motifs is 1. The number of rotatable bonds is 5. The lowest BCUT2D eigenvalue weighted by Gasteiger charge is -2.44. The minimum absolute atomic E-state index is 0. The highest BCUT2D eigenvalue weighted by Crippen LogP contribution is 2.43. The summed E-state index contributed by atoms with van der Waals surface area (Å²) in [6.07, 6.45) is 2.75. The van der Waals surface area contributed by atoms with Crippen molar-refractivity contribution in [2.75, 3.05) is 13.2 Å². The van der Waals surface area contributed by atoms with Crippen molar-refractivity contribution in [1.29, 1.82) is 0 Å². The molecule has 4 nitrogen and oxygen atoms in total. The molecule has 0 fully saturated rings. The van der Waals surface area contributed by atoms with Crippen LogP contribution in [-0.4, -0.2) is 35.6 Å². The summed E-state index contributed by atoms with van der Waals surface area (Å²) in [5.74, 6) is 0.317. The van der Waals surface area contributed by atoms with Gasteiger partial charge in [-0.2, -0.15) is 0 Å². The summed E-state index contributed by atoms with van der Waals surface area (Å²) in [6.45, 7) is 4.73. The lowest BCUT2D eigenvalue weighted by Crippen LogP contribution is -3.00. The van der Waals surface area contributed by atoms with Gasteiger partial charge in [0.05, 0.1) is 13.2 Å². The third-order valence-electron chi connectivity index (χ3n) is 4.89. The van der Waals surface area contributed by atoms with Gasteiger partial charge in [-0.1, -0.05) is 19.9 Å². The number of aliphatic hydroxyl groups is 1. The SMILES string of the molecule is CCC1(CC)c2cc(O)ccc2C[C@@H](OCCO)[C@@H]1[NH3+].[Cl-]. The van der Waals surface area contributed by atoms with Gasteiger partial charge in [-0.15, -0.1) is 0 Å². The normalized spacial score (nSPS) is 23.2. The van der Waals surface area contributed by atoms with E-state index in [2.05, 4.69) is 19.6 Å². The van der Waals surface area contributed by atoms with Gasteiger partial charge in [-0.25, -0.2) is 0 Å². The number of aromatic hydroxyl groups is 1. The molecule has 0 unspecified atom stereocenters. The molecule has 5 heteroatoms. The van der Waals surface area contributed by atoms with E-state index in [4.69, 9.17) is 9.84 Å². The number of hydrogen-bond donors (Lipinski definition) is 3. The monoisotopic (exact) mass is 315 g/mol. The molecule has 1 aliphatic rings. The van der Waals surface area contributed by atoms with E-state index < -0.39 is 0 Å². The highest BCUT2D eigenvalue weighted by Gasteiger charge is 2.48. The Kier molecular flexibility index (Phi) is 6.47. The molecule has 5 N–H and O–H groups in total. The fourth-order valence-electron chi connectivity index (χ4n) is 3.65. The minimum Gasteiger partial charge on any atom is -1.00 e. The Balaban J connectivity index is 0.00000220. The van der Waals surface area contributed by atoms with Crippen LogP contribution >= 0.6 is 0 Å². The molecule has 2 atom stereocenters. The van der Waals surface area contributed by atoms with Gasteiger partial charge in [0.1, 0.15) is 17.9 Å². The Bertz CT molecular complexity index is 463. The lowest BCUT2D eigenvalue weighted by molar-refractivity contribution is -0.460. The van der Waals surface area contributed by atoms with Gasteiger partial charge in [0.2, 0.25) is 0 Å². The molecular formula is C16H26ClNO3. The Hall–Kier alpha value is -0.810. The van der Waals surface area contributed by atoms with Crippen molar-refractivity contribution in [3.05, 3.63) is 29.3 Å². The molecule has 2 rings (SSSR count). The number of phenolic OH excluding ortho intramolecular Hbond substituents is 1. The van der Waals surface area contributed by atoms with Gasteiger partial charge >= 0.3 is 0 Å². The molecule has 1 aromatic carbocycles. The second-order valence-corrected chi connectivity index (χ2v) is 5.65. The van der Waals surface area contributed by atoms with E-state index in [0.717, 1.165) is 19.3 Å². The van der Waals surface area contributed by atoms with Crippen molar-refractivity contribution < 1.29 is 33.1 Å². The maximum absolute atomic E-state index is 9.82. The zero-order valence-corrected chi connectivity index (χ0v) is 13.6. The first-order valence-electron chi connectivity index (χ1n) is 7.47. The van der Waals surface area contributed by atoms with Gasteiger partial charge in [0, 0.05) is 11.8 Å². The standard InChI is InChI=1S/C16H25NO3.ClH/c1-3-16(4-2)13-10-12(19)6-5-11(13)9-14(15(16)17)20-8-7-18;/h5-6,10,14-15,18-19H,3-4,7-9,17H2,1-2H3;1H/t14-,15+;/m1./s1. The number of aliphatic hydroxyl groups excluding tert-OH is 1. The molecule has 0 bridgehead atoms. The predicted molar refractivity (Wildman–Crippen MR) is 77.6 cm³/mol. The average molecular weight is 316 g/mol. The molecule has 0 amide bonds. The van der Waals surface area contributed by atoms with Crippen LogP contribution in [0.3, 0.4) is 0 Å². The number of quaternary nitrogens is 1. The molecule has 0 saturated heterocycles. The summed E-state index contributed by atoms with van der Waals surface area (Å²) in [5, 5.41) is 18.8. The first-order chi connectivity index (χ1) is 9.58. The third-order valence-corrected chi connectivity index (χ3v) is 4.89. The first kappa shape index (κ1) is 18.2. The largest absolute Gasteiger partial charge is 1.00 e. The van der Waals surface area contributed by atoms with E-state index in [9.17, 15) is 5.11 Å². The Labute approximate surface area is 132 Å². The van der Waals surface area contributed by atoms with Crippen LogP contribution in [0, 0.1) is 0 Å². The summed E-state index contributed by atoms with van der Waals surface area (Å²) >= 11 is 0. The van der Waals surface area contributed by atoms with Crippen LogP contribution in [0.25, 0.3) is 0 Å². The van der Waals surface area contributed by atoms with Crippen molar-refractivity contribution in [3.8, 4) is 5.75 Å². The van der Waals surface area contributed by atoms with E-state index >= 15 is 0 Å². The molecule has 0 heterocycles. The van der Waals surface area contributed by atoms with E-state index in [1.807, 2.05) is 12.1 Å².